The number of anilines is 3. The Labute approximate surface area is 416 Å². The molecule has 1 aliphatic carbocycles. The monoisotopic (exact) mass is 994 g/mol. The van der Waals surface area contributed by atoms with E-state index in [0.717, 1.165) is 30.5 Å². The van der Waals surface area contributed by atoms with Crippen molar-refractivity contribution in [1.29, 1.82) is 0 Å². The van der Waals surface area contributed by atoms with Crippen LogP contribution in [0.3, 0.4) is 0 Å². The largest absolute Gasteiger partial charge is 0.382 e. The number of nitrogens with zero attached hydrogens (tertiary/aromatic N) is 1. The number of amides is 4. The second-order valence-electron chi connectivity index (χ2n) is 18.6. The molecule has 0 bridgehead atoms. The third kappa shape index (κ3) is 9.59. The minimum Gasteiger partial charge on any atom is -0.382 e. The smallest absolute Gasteiger partial charge is 0.255 e. The van der Waals surface area contributed by atoms with Gasteiger partial charge in [0, 0.05) is 82.0 Å². The van der Waals surface area contributed by atoms with Gasteiger partial charge in [0.25, 0.3) is 5.91 Å². The normalized spacial score (nSPS) is 22.3. The molecule has 4 atom stereocenters. The van der Waals surface area contributed by atoms with Gasteiger partial charge in [0.05, 0.1) is 44.1 Å². The summed E-state index contributed by atoms with van der Waals surface area (Å²) < 4.78 is 33.3. The number of carbonyl (C=O) groups excluding carboxylic acids is 5. The molecule has 368 valence electrons. The zero-order chi connectivity index (χ0) is 49.0. The fraction of sp³-hybridized carbons (Fsp3) is 0.415. The van der Waals surface area contributed by atoms with E-state index in [1.165, 1.54) is 6.07 Å². The summed E-state index contributed by atoms with van der Waals surface area (Å²) in [5.41, 5.74) is 3.10. The SMILES string of the molecule is C=C1CCC(N2Cc3c(NCCOCCOCCOCCCC(=O)c4ccc(NC(=O)[C@@H]5NC6(CCCCC6)[C@@]6(C(=O)Nc7cc(Cl)ccc76)[C@H]5c5cccc(Cl)c5F)cc4)cccc3C2=O)C(=O)N1. The molecule has 70 heavy (non-hydrogen) atoms. The first-order valence-corrected chi connectivity index (χ1v) is 24.8. The molecule has 14 nitrogen and oxygen atoms in total. The first-order valence-electron chi connectivity index (χ1n) is 24.1. The fourth-order valence-electron chi connectivity index (χ4n) is 11.3. The van der Waals surface area contributed by atoms with Gasteiger partial charge in [-0.15, -0.1) is 0 Å². The number of ketones is 1. The third-order valence-corrected chi connectivity index (χ3v) is 15.0. The summed E-state index contributed by atoms with van der Waals surface area (Å²) in [6, 6.07) is 20.6. The van der Waals surface area contributed by atoms with Crippen molar-refractivity contribution in [3.8, 4) is 0 Å². The highest BCUT2D eigenvalue weighted by molar-refractivity contribution is 6.31. The highest BCUT2D eigenvalue weighted by Crippen LogP contribution is 2.63. The summed E-state index contributed by atoms with van der Waals surface area (Å²) in [5, 5.41) is 16.1. The van der Waals surface area contributed by atoms with E-state index in [-0.39, 0.29) is 40.5 Å². The molecule has 5 N–H and O–H groups in total. The van der Waals surface area contributed by atoms with Crippen LogP contribution >= 0.6 is 23.2 Å². The van der Waals surface area contributed by atoms with Gasteiger partial charge >= 0.3 is 0 Å². The van der Waals surface area contributed by atoms with Crippen LogP contribution in [-0.4, -0.2) is 98.1 Å². The van der Waals surface area contributed by atoms with Crippen LogP contribution in [0.4, 0.5) is 21.5 Å². The molecule has 1 unspecified atom stereocenters. The average molecular weight is 996 g/mol. The van der Waals surface area contributed by atoms with Crippen LogP contribution in [-0.2, 0) is 40.6 Å². The molecule has 4 aromatic rings. The van der Waals surface area contributed by atoms with E-state index in [1.54, 1.807) is 59.5 Å². The first-order chi connectivity index (χ1) is 33.9. The highest BCUT2D eigenvalue weighted by atomic mass is 35.5. The van der Waals surface area contributed by atoms with Gasteiger partial charge in [-0.05, 0) is 97.8 Å². The van der Waals surface area contributed by atoms with Gasteiger partial charge in [-0.1, -0.05) is 73.3 Å². The van der Waals surface area contributed by atoms with Crippen molar-refractivity contribution in [2.75, 3.05) is 62.1 Å². The van der Waals surface area contributed by atoms with Crippen LogP contribution in [0.25, 0.3) is 0 Å². The Bertz CT molecular complexity index is 2680. The first kappa shape index (κ1) is 49.3. The quantitative estimate of drug-likeness (QED) is 0.0454. The van der Waals surface area contributed by atoms with Crippen molar-refractivity contribution in [1.82, 2.24) is 15.5 Å². The molecule has 0 aromatic heterocycles. The molecule has 0 radical (unpaired) electrons. The van der Waals surface area contributed by atoms with Crippen molar-refractivity contribution in [3.05, 3.63) is 135 Å². The van der Waals surface area contributed by atoms with E-state index >= 15 is 4.39 Å². The van der Waals surface area contributed by atoms with Gasteiger partial charge in [-0.25, -0.2) is 4.39 Å². The third-order valence-electron chi connectivity index (χ3n) is 14.5. The number of allylic oxidation sites excluding steroid dienone is 1. The number of carbonyl (C=O) groups is 5. The van der Waals surface area contributed by atoms with Crippen molar-refractivity contribution in [2.24, 2.45) is 0 Å². The van der Waals surface area contributed by atoms with Crippen LogP contribution in [0.15, 0.2) is 91.1 Å². The number of nitrogens with one attached hydrogen (secondary N) is 5. The Morgan fingerprint density at radius 1 is 0.857 bits per heavy atom. The van der Waals surface area contributed by atoms with Crippen molar-refractivity contribution in [2.45, 2.75) is 93.3 Å². The van der Waals surface area contributed by atoms with Crippen molar-refractivity contribution >= 4 is 69.7 Å². The topological polar surface area (TPSA) is 176 Å². The molecule has 1 saturated carbocycles. The maximum atomic E-state index is 16.2. The van der Waals surface area contributed by atoms with E-state index in [1.807, 2.05) is 18.2 Å². The second-order valence-corrected chi connectivity index (χ2v) is 19.5. The predicted molar refractivity (Wildman–Crippen MR) is 265 cm³/mol. The average Bonchev–Trinajstić information content (AvgIpc) is 3.95. The van der Waals surface area contributed by atoms with Gasteiger partial charge in [0.1, 0.15) is 17.3 Å². The minimum atomic E-state index is -1.35. The molecule has 4 amide bonds. The molecule has 4 aliphatic heterocycles. The second kappa shape index (κ2) is 21.4. The van der Waals surface area contributed by atoms with Gasteiger partial charge in [-0.3, -0.25) is 29.3 Å². The number of Topliss-reactive ketones (excluding diaryl/α,β-unsaturated/α-hetero) is 1. The number of halogens is 3. The van der Waals surface area contributed by atoms with E-state index in [0.29, 0.717) is 124 Å². The summed E-state index contributed by atoms with van der Waals surface area (Å²) in [6.07, 6.45) is 5.80. The highest BCUT2D eigenvalue weighted by Gasteiger charge is 2.72. The Hall–Kier alpha value is -5.68. The lowest BCUT2D eigenvalue weighted by molar-refractivity contribution is -0.126. The molecule has 5 aliphatic rings. The predicted octanol–water partition coefficient (Wildman–Crippen LogP) is 8.29. The molecule has 4 aromatic carbocycles. The Balaban J connectivity index is 0.703. The molecule has 9 rings (SSSR count). The lowest BCUT2D eigenvalue weighted by atomic mass is 9.55. The lowest BCUT2D eigenvalue weighted by Crippen LogP contribution is -2.60. The van der Waals surface area contributed by atoms with Crippen LogP contribution in [0.1, 0.15) is 101 Å². The van der Waals surface area contributed by atoms with Crippen LogP contribution < -0.4 is 26.6 Å². The van der Waals surface area contributed by atoms with Crippen molar-refractivity contribution in [3.63, 3.8) is 0 Å². The zero-order valence-electron chi connectivity index (χ0n) is 38.8. The summed E-state index contributed by atoms with van der Waals surface area (Å²) >= 11 is 12.8. The van der Waals surface area contributed by atoms with E-state index in [9.17, 15) is 24.0 Å². The fourth-order valence-corrected chi connectivity index (χ4v) is 11.6. The number of benzene rings is 4. The summed E-state index contributed by atoms with van der Waals surface area (Å²) in [6.45, 7) is 7.06. The van der Waals surface area contributed by atoms with Gasteiger partial charge in [-0.2, -0.15) is 0 Å². The summed E-state index contributed by atoms with van der Waals surface area (Å²) in [7, 11) is 0. The molecule has 2 saturated heterocycles. The molecule has 4 heterocycles. The van der Waals surface area contributed by atoms with Gasteiger partial charge in [0.15, 0.2) is 5.78 Å². The van der Waals surface area contributed by atoms with Crippen LogP contribution in [0.2, 0.25) is 10.0 Å². The van der Waals surface area contributed by atoms with Gasteiger partial charge in [0.2, 0.25) is 17.7 Å². The van der Waals surface area contributed by atoms with E-state index in [2.05, 4.69) is 33.2 Å². The number of piperidine rings is 1. The Morgan fingerprint density at radius 2 is 1.59 bits per heavy atom. The molecular weight excluding hydrogens is 939 g/mol. The number of ether oxygens (including phenoxy) is 3. The van der Waals surface area contributed by atoms with Crippen LogP contribution in [0, 0.1) is 5.82 Å². The summed E-state index contributed by atoms with van der Waals surface area (Å²) in [4.78, 5) is 69.6. The number of rotatable bonds is 19. The zero-order valence-corrected chi connectivity index (χ0v) is 40.3. The molecule has 3 fully saturated rings. The Morgan fingerprint density at radius 3 is 2.34 bits per heavy atom. The van der Waals surface area contributed by atoms with Crippen molar-refractivity contribution < 1.29 is 42.6 Å². The van der Waals surface area contributed by atoms with E-state index in [4.69, 9.17) is 37.4 Å². The number of fused-ring (bicyclic) bond motifs is 4. The summed E-state index contributed by atoms with van der Waals surface area (Å²) in [5.74, 6) is -2.81. The Kier molecular flexibility index (Phi) is 15.0. The van der Waals surface area contributed by atoms with Gasteiger partial charge < -0.3 is 40.4 Å². The molecule has 17 heteroatoms. The maximum Gasteiger partial charge on any atom is 0.255 e. The molecule has 2 spiro atoms. The lowest BCUT2D eigenvalue weighted by Gasteiger charge is -2.47. The van der Waals surface area contributed by atoms with Crippen LogP contribution in [0.5, 0.6) is 0 Å². The molecular formula is C53H57Cl2FN6O8. The number of hydrogen-bond acceptors (Lipinski definition) is 10. The standard InChI is InChI=1S/C53H57Cl2FN6O8/c1-32-13-20-43(48(64)58-32)62-31-38-36(50(62)66)8-6-11-41(38)57-23-25-69-27-29-70-28-26-68-24-7-12-44(63)33-14-17-35(18-15-33)59-49(65)47-45(37-9-5-10-40(55)46(37)56)53(52(61-47)21-3-2-4-22-52)39-19-16-34(54)30-42(39)60-51(53)67/h5-6,8-11,14-19,30,43,45,47,57,61H,1-4,7,12-13,20-29,31H2,(H,58,64)(H,59,65)(H,60,67)/t43?,45-,47+,53+/m0/s1. The maximum absolute atomic E-state index is 16.2. The van der Waals surface area contributed by atoms with E-state index < -0.39 is 40.7 Å². The number of hydrogen-bond donors (Lipinski definition) is 5. The minimum absolute atomic E-state index is 0.0713.